The van der Waals surface area contributed by atoms with Gasteiger partial charge in [0.25, 0.3) is 0 Å². The molecule has 4 aromatic rings. The van der Waals surface area contributed by atoms with Gasteiger partial charge in [-0.3, -0.25) is 9.97 Å². The molecular formula is C23H22FN3OS. The van der Waals surface area contributed by atoms with Gasteiger partial charge in [-0.05, 0) is 55.3 Å². The molecule has 0 aliphatic carbocycles. The summed E-state index contributed by atoms with van der Waals surface area (Å²) in [7, 11) is 0. The van der Waals surface area contributed by atoms with Crippen molar-refractivity contribution >= 4 is 21.6 Å². The zero-order valence-corrected chi connectivity index (χ0v) is 17.2. The van der Waals surface area contributed by atoms with Crippen molar-refractivity contribution < 1.29 is 9.13 Å². The zero-order valence-electron chi connectivity index (χ0n) is 16.4. The number of benzene rings is 1. The summed E-state index contributed by atoms with van der Waals surface area (Å²) in [5, 5.41) is 3.38. The fourth-order valence-electron chi connectivity index (χ4n) is 3.01. The number of pyridine rings is 2. The number of aryl methyl sites for hydroxylation is 1. The van der Waals surface area contributed by atoms with Crippen LogP contribution in [0.1, 0.15) is 24.5 Å². The third-order valence-electron chi connectivity index (χ3n) is 4.52. The van der Waals surface area contributed by atoms with Crippen molar-refractivity contribution in [1.82, 2.24) is 15.3 Å². The summed E-state index contributed by atoms with van der Waals surface area (Å²) >= 11 is 1.54. The predicted molar refractivity (Wildman–Crippen MR) is 116 cm³/mol. The Hall–Kier alpha value is -2.83. The van der Waals surface area contributed by atoms with E-state index >= 15 is 0 Å². The van der Waals surface area contributed by atoms with E-state index in [1.807, 2.05) is 31.3 Å². The van der Waals surface area contributed by atoms with Gasteiger partial charge in [-0.2, -0.15) is 0 Å². The summed E-state index contributed by atoms with van der Waals surface area (Å²) in [6.45, 7) is 5.81. The Kier molecular flexibility index (Phi) is 5.83. The van der Waals surface area contributed by atoms with Crippen LogP contribution in [0.3, 0.4) is 0 Å². The van der Waals surface area contributed by atoms with E-state index in [1.165, 1.54) is 6.07 Å². The zero-order chi connectivity index (χ0) is 20.2. The molecule has 0 saturated heterocycles. The highest BCUT2D eigenvalue weighted by atomic mass is 32.1. The van der Waals surface area contributed by atoms with Crippen LogP contribution >= 0.6 is 11.3 Å². The quantitative estimate of drug-likeness (QED) is 0.376. The maximum Gasteiger partial charge on any atom is 0.165 e. The topological polar surface area (TPSA) is 47.0 Å². The van der Waals surface area contributed by atoms with Crippen molar-refractivity contribution in [2.24, 2.45) is 0 Å². The van der Waals surface area contributed by atoms with E-state index in [0.29, 0.717) is 5.75 Å². The van der Waals surface area contributed by atoms with Crippen molar-refractivity contribution in [3.8, 4) is 22.1 Å². The van der Waals surface area contributed by atoms with Crippen molar-refractivity contribution in [3.05, 3.63) is 71.8 Å². The van der Waals surface area contributed by atoms with Crippen LogP contribution in [-0.4, -0.2) is 16.5 Å². The standard InChI is InChI=1S/C23H22FN3OS/c1-3-9-25-13-16-5-6-18(27-14-16)22-12-19-23(29-22)21(8-10-26-19)28-20-7-4-15(2)11-17(20)24/h4-8,10-12,14,25H,3,9,13H2,1-2H3. The molecule has 4 nitrogen and oxygen atoms in total. The van der Waals surface area contributed by atoms with Crippen molar-refractivity contribution in [2.45, 2.75) is 26.8 Å². The number of ether oxygens (including phenoxy) is 1. The Morgan fingerprint density at radius 2 is 1.97 bits per heavy atom. The lowest BCUT2D eigenvalue weighted by Gasteiger charge is -2.07. The van der Waals surface area contributed by atoms with Gasteiger partial charge in [-0.15, -0.1) is 11.3 Å². The molecule has 0 bridgehead atoms. The molecule has 0 amide bonds. The first-order chi connectivity index (χ1) is 14.1. The third-order valence-corrected chi connectivity index (χ3v) is 5.68. The highest BCUT2D eigenvalue weighted by molar-refractivity contribution is 7.22. The molecule has 0 radical (unpaired) electrons. The van der Waals surface area contributed by atoms with Crippen molar-refractivity contribution in [3.63, 3.8) is 0 Å². The van der Waals surface area contributed by atoms with Gasteiger partial charge in [-0.1, -0.05) is 19.1 Å². The number of rotatable bonds is 7. The molecule has 0 aliphatic heterocycles. The average molecular weight is 408 g/mol. The molecule has 29 heavy (non-hydrogen) atoms. The van der Waals surface area contributed by atoms with Crippen LogP contribution in [0.5, 0.6) is 11.5 Å². The van der Waals surface area contributed by atoms with Gasteiger partial charge in [0, 0.05) is 25.0 Å². The first-order valence-corrected chi connectivity index (χ1v) is 10.4. The fourth-order valence-corrected chi connectivity index (χ4v) is 4.06. The summed E-state index contributed by atoms with van der Waals surface area (Å²) in [5.74, 6) is 0.426. The minimum Gasteiger partial charge on any atom is -0.453 e. The number of nitrogens with one attached hydrogen (secondary N) is 1. The van der Waals surface area contributed by atoms with E-state index < -0.39 is 0 Å². The molecular weight excluding hydrogens is 385 g/mol. The Bertz CT molecular complexity index is 1120. The van der Waals surface area contributed by atoms with Crippen LogP contribution in [0.25, 0.3) is 20.8 Å². The van der Waals surface area contributed by atoms with Crippen molar-refractivity contribution in [1.29, 1.82) is 0 Å². The van der Waals surface area contributed by atoms with Gasteiger partial charge in [0.2, 0.25) is 0 Å². The number of hydrogen-bond donors (Lipinski definition) is 1. The SMILES string of the molecule is CCCNCc1ccc(-c2cc3nccc(Oc4ccc(C)cc4F)c3s2)nc1. The van der Waals surface area contributed by atoms with Gasteiger partial charge in [0.1, 0.15) is 5.75 Å². The fraction of sp³-hybridized carbons (Fsp3) is 0.217. The maximum atomic E-state index is 14.2. The summed E-state index contributed by atoms with van der Waals surface area (Å²) < 4.78 is 20.9. The summed E-state index contributed by atoms with van der Waals surface area (Å²) in [6.07, 6.45) is 4.68. The summed E-state index contributed by atoms with van der Waals surface area (Å²) in [5.41, 5.74) is 3.71. The summed E-state index contributed by atoms with van der Waals surface area (Å²) in [6, 6.07) is 12.8. The molecule has 0 unspecified atom stereocenters. The second-order valence-corrected chi connectivity index (χ2v) is 7.95. The molecule has 4 rings (SSSR count). The van der Waals surface area contributed by atoms with Gasteiger partial charge in [0.05, 0.1) is 20.8 Å². The highest BCUT2D eigenvalue weighted by Gasteiger charge is 2.13. The third kappa shape index (κ3) is 4.44. The molecule has 0 spiro atoms. The molecule has 3 heterocycles. The molecule has 148 valence electrons. The van der Waals surface area contributed by atoms with Gasteiger partial charge < -0.3 is 10.1 Å². The van der Waals surface area contributed by atoms with Gasteiger partial charge >= 0.3 is 0 Å². The van der Waals surface area contributed by atoms with Gasteiger partial charge in [0.15, 0.2) is 11.6 Å². The molecule has 6 heteroatoms. The number of thiophene rings is 1. The molecule has 1 aromatic carbocycles. The predicted octanol–water partition coefficient (Wildman–Crippen LogP) is 6.10. The Morgan fingerprint density at radius 3 is 2.72 bits per heavy atom. The molecule has 0 saturated carbocycles. The van der Waals surface area contributed by atoms with E-state index in [-0.39, 0.29) is 11.6 Å². The van der Waals surface area contributed by atoms with Crippen LogP contribution in [0.4, 0.5) is 4.39 Å². The molecule has 3 aromatic heterocycles. The molecule has 1 N–H and O–H groups in total. The second kappa shape index (κ2) is 8.68. The lowest BCUT2D eigenvalue weighted by Crippen LogP contribution is -2.13. The minimum atomic E-state index is -0.374. The maximum absolute atomic E-state index is 14.2. The van der Waals surface area contributed by atoms with Gasteiger partial charge in [-0.25, -0.2) is 4.39 Å². The van der Waals surface area contributed by atoms with E-state index in [4.69, 9.17) is 4.74 Å². The Morgan fingerprint density at radius 1 is 1.07 bits per heavy atom. The second-order valence-electron chi connectivity index (χ2n) is 6.90. The average Bonchev–Trinajstić information content (AvgIpc) is 3.16. The highest BCUT2D eigenvalue weighted by Crippen LogP contribution is 2.39. The van der Waals surface area contributed by atoms with Crippen molar-refractivity contribution in [2.75, 3.05) is 6.54 Å². The first kappa shape index (κ1) is 19.5. The van der Waals surface area contributed by atoms with Crippen LogP contribution in [0.2, 0.25) is 0 Å². The van der Waals surface area contributed by atoms with Crippen LogP contribution in [-0.2, 0) is 6.54 Å². The normalized spacial score (nSPS) is 11.1. The Labute approximate surface area is 173 Å². The number of halogens is 1. The largest absolute Gasteiger partial charge is 0.453 e. The molecule has 0 aliphatic rings. The number of hydrogen-bond acceptors (Lipinski definition) is 5. The Balaban J connectivity index is 1.60. The first-order valence-electron chi connectivity index (χ1n) is 9.62. The van der Waals surface area contributed by atoms with E-state index in [1.54, 1.807) is 29.7 Å². The van der Waals surface area contributed by atoms with Crippen LogP contribution < -0.4 is 10.1 Å². The molecule has 0 atom stereocenters. The minimum absolute atomic E-state index is 0.208. The van der Waals surface area contributed by atoms with E-state index in [2.05, 4.69) is 28.3 Å². The van der Waals surface area contributed by atoms with E-state index in [9.17, 15) is 4.39 Å². The summed E-state index contributed by atoms with van der Waals surface area (Å²) in [4.78, 5) is 10.0. The lowest BCUT2D eigenvalue weighted by molar-refractivity contribution is 0.446. The van der Waals surface area contributed by atoms with Crippen LogP contribution in [0, 0.1) is 12.7 Å². The smallest absolute Gasteiger partial charge is 0.165 e. The lowest BCUT2D eigenvalue weighted by atomic mass is 10.2. The molecule has 0 fully saturated rings. The monoisotopic (exact) mass is 407 g/mol. The number of nitrogens with zero attached hydrogens (tertiary/aromatic N) is 2. The van der Waals surface area contributed by atoms with Crippen LogP contribution in [0.15, 0.2) is 54.9 Å². The number of aromatic nitrogens is 2. The number of fused-ring (bicyclic) bond motifs is 1. The van der Waals surface area contributed by atoms with E-state index in [0.717, 1.165) is 51.4 Å².